The molecule has 2 amide bonds. The van der Waals surface area contributed by atoms with E-state index in [0.29, 0.717) is 45.3 Å². The average molecular weight is 909 g/mol. The molecule has 21 heteroatoms. The van der Waals surface area contributed by atoms with Gasteiger partial charge in [-0.3, -0.25) is 24.6 Å². The molecule has 0 spiro atoms. The minimum atomic E-state index is -0.544. The van der Waals surface area contributed by atoms with Crippen LogP contribution in [-0.2, 0) is 0 Å². The SMILES string of the molecule is O=C(Nc1ccc(=O)n(-c2cc(NC(=O)c3c[nH]c4cc(-c5nccc(Nc6ccc7[nH]ncc7c6)n5)ccc34)cnn2)n1)c1cc2ccc(-c3nccc(Nc4ccc5[nH]ncc5c4)n3)cc2[nH]1. The number of hydrogen-bond acceptors (Lipinski definition) is 14. The lowest BCUT2D eigenvalue weighted by Crippen LogP contribution is -2.24. The molecule has 8 heterocycles. The Morgan fingerprint density at radius 2 is 1.25 bits per heavy atom. The number of rotatable bonds is 11. The van der Waals surface area contributed by atoms with Crippen LogP contribution in [-0.4, -0.2) is 82.1 Å². The van der Waals surface area contributed by atoms with E-state index in [2.05, 4.69) is 76.9 Å². The minimum absolute atomic E-state index is 0.00914. The molecule has 0 unspecified atom stereocenters. The Hall–Kier alpha value is -10.4. The third kappa shape index (κ3) is 7.94. The van der Waals surface area contributed by atoms with E-state index in [1.54, 1.807) is 49.2 Å². The highest BCUT2D eigenvalue weighted by atomic mass is 16.2. The van der Waals surface area contributed by atoms with E-state index in [0.717, 1.165) is 54.4 Å². The number of fused-ring (bicyclic) bond motifs is 4. The van der Waals surface area contributed by atoms with E-state index in [1.807, 2.05) is 72.8 Å². The van der Waals surface area contributed by atoms with Gasteiger partial charge in [-0.15, -0.1) is 10.2 Å². The van der Waals surface area contributed by atoms with Gasteiger partial charge >= 0.3 is 0 Å². The highest BCUT2D eigenvalue weighted by Gasteiger charge is 2.17. The molecule has 12 rings (SSSR count). The lowest BCUT2D eigenvalue weighted by molar-refractivity contribution is 0.101. The van der Waals surface area contributed by atoms with Crippen LogP contribution in [0.3, 0.4) is 0 Å². The summed E-state index contributed by atoms with van der Waals surface area (Å²) < 4.78 is 0.979. The lowest BCUT2D eigenvalue weighted by atomic mass is 10.1. The van der Waals surface area contributed by atoms with Gasteiger partial charge in [-0.2, -0.15) is 20.0 Å². The van der Waals surface area contributed by atoms with Gasteiger partial charge in [0.25, 0.3) is 17.4 Å². The van der Waals surface area contributed by atoms with Crippen LogP contribution in [0.1, 0.15) is 20.8 Å². The standard InChI is InChI=1S/C48H32N18O3/c67-44-10-9-42(61-48(69)39-17-25-1-2-26(18-37(25)58-39)45-49-13-11-40(59-45)55-30-4-7-35-28(15-30)21-52-62-35)65-66(44)43-20-32(23-54-64-43)57-47(68)34-24-51-38-19-27(3-6-33(34)38)46-50-14-12-41(60-46)56-31-5-8-36-29(16-31)22-53-63-36/h1-24,51,58H,(H,52,62)(H,53,63)(H,49,55,59)(H,50,56,60)(H,57,64,68)(H,61,65,69). The first kappa shape index (κ1) is 40.1. The topological polar surface area (TPSA) is 283 Å². The molecule has 0 aliphatic heterocycles. The Morgan fingerprint density at radius 1 is 0.565 bits per heavy atom. The number of H-pyrrole nitrogens is 4. The summed E-state index contributed by atoms with van der Waals surface area (Å²) in [5.41, 5.74) is 6.73. The van der Waals surface area contributed by atoms with E-state index in [9.17, 15) is 14.4 Å². The molecular weight excluding hydrogens is 877 g/mol. The second kappa shape index (κ2) is 16.5. The van der Waals surface area contributed by atoms with Gasteiger partial charge in [0, 0.05) is 85.8 Å². The van der Waals surface area contributed by atoms with Crippen LogP contribution < -0.4 is 26.8 Å². The molecule has 0 atom stereocenters. The summed E-state index contributed by atoms with van der Waals surface area (Å²) >= 11 is 0. The summed E-state index contributed by atoms with van der Waals surface area (Å²) in [4.78, 5) is 64.9. The number of aromatic nitrogens is 14. The predicted molar refractivity (Wildman–Crippen MR) is 259 cm³/mol. The average Bonchev–Trinajstić information content (AvgIpc) is 4.21. The van der Waals surface area contributed by atoms with Crippen molar-refractivity contribution in [3.63, 3.8) is 0 Å². The molecular formula is C48H32N18O3. The Labute approximate surface area is 386 Å². The molecule has 0 aliphatic rings. The number of nitrogens with zero attached hydrogens (tertiary/aromatic N) is 10. The van der Waals surface area contributed by atoms with Crippen LogP contribution in [0.25, 0.3) is 72.2 Å². The summed E-state index contributed by atoms with van der Waals surface area (Å²) in [6.07, 6.45) is 9.81. The van der Waals surface area contributed by atoms with Gasteiger partial charge in [0.1, 0.15) is 17.3 Å². The van der Waals surface area contributed by atoms with Crippen LogP contribution in [0.2, 0.25) is 0 Å². The van der Waals surface area contributed by atoms with Gasteiger partial charge in [-0.05, 0) is 72.8 Å². The van der Waals surface area contributed by atoms with Crippen LogP contribution in [0.4, 0.5) is 34.5 Å². The fraction of sp³-hybridized carbons (Fsp3) is 0. The van der Waals surface area contributed by atoms with Crippen molar-refractivity contribution in [3.05, 3.63) is 168 Å². The molecule has 0 saturated carbocycles. The van der Waals surface area contributed by atoms with E-state index in [4.69, 9.17) is 9.97 Å². The quantitative estimate of drug-likeness (QED) is 0.0619. The van der Waals surface area contributed by atoms with Crippen molar-refractivity contribution >= 4 is 89.9 Å². The molecule has 0 bridgehead atoms. The van der Waals surface area contributed by atoms with E-state index in [1.165, 1.54) is 24.4 Å². The molecule has 8 N–H and O–H groups in total. The summed E-state index contributed by atoms with van der Waals surface area (Å²) in [5.74, 6) is 1.34. The van der Waals surface area contributed by atoms with Crippen molar-refractivity contribution in [2.24, 2.45) is 0 Å². The molecule has 0 radical (unpaired) electrons. The predicted octanol–water partition coefficient (Wildman–Crippen LogP) is 7.64. The van der Waals surface area contributed by atoms with Crippen molar-refractivity contribution in [1.29, 1.82) is 0 Å². The van der Waals surface area contributed by atoms with Crippen LogP contribution in [0, 0.1) is 0 Å². The molecule has 0 fully saturated rings. The van der Waals surface area contributed by atoms with Gasteiger partial charge in [0.05, 0.1) is 40.9 Å². The first-order chi connectivity index (χ1) is 33.8. The normalized spacial score (nSPS) is 11.4. The highest BCUT2D eigenvalue weighted by molar-refractivity contribution is 6.13. The van der Waals surface area contributed by atoms with Gasteiger partial charge in [0.2, 0.25) is 0 Å². The van der Waals surface area contributed by atoms with Crippen molar-refractivity contribution in [2.45, 2.75) is 0 Å². The molecule has 4 aromatic carbocycles. The molecule has 0 saturated heterocycles. The van der Waals surface area contributed by atoms with Crippen LogP contribution in [0.15, 0.2) is 151 Å². The smallest absolute Gasteiger partial charge is 0.273 e. The van der Waals surface area contributed by atoms with Crippen molar-refractivity contribution in [1.82, 2.24) is 70.3 Å². The maximum Gasteiger partial charge on any atom is 0.273 e. The summed E-state index contributed by atoms with van der Waals surface area (Å²) in [7, 11) is 0. The molecule has 332 valence electrons. The van der Waals surface area contributed by atoms with Gasteiger partial charge in [0.15, 0.2) is 23.3 Å². The highest BCUT2D eigenvalue weighted by Crippen LogP contribution is 2.28. The van der Waals surface area contributed by atoms with E-state index in [-0.39, 0.29) is 23.0 Å². The summed E-state index contributed by atoms with van der Waals surface area (Å²) in [6.45, 7) is 0. The maximum absolute atomic E-state index is 13.6. The first-order valence-corrected chi connectivity index (χ1v) is 21.2. The van der Waals surface area contributed by atoms with Crippen LogP contribution >= 0.6 is 0 Å². The third-order valence-corrected chi connectivity index (χ3v) is 11.2. The Kier molecular flexibility index (Phi) is 9.60. The largest absolute Gasteiger partial charge is 0.360 e. The van der Waals surface area contributed by atoms with Crippen LogP contribution in [0.5, 0.6) is 0 Å². The van der Waals surface area contributed by atoms with E-state index >= 15 is 0 Å². The Bertz CT molecular complexity index is 4040. The number of hydrogen-bond donors (Lipinski definition) is 8. The zero-order valence-corrected chi connectivity index (χ0v) is 35.6. The number of amides is 2. The minimum Gasteiger partial charge on any atom is -0.360 e. The molecule has 8 aromatic heterocycles. The number of nitrogens with one attached hydrogen (secondary N) is 8. The van der Waals surface area contributed by atoms with Crippen molar-refractivity contribution < 1.29 is 9.59 Å². The zero-order valence-electron chi connectivity index (χ0n) is 35.6. The summed E-state index contributed by atoms with van der Waals surface area (Å²) in [5, 5.41) is 42.0. The Morgan fingerprint density at radius 3 is 1.96 bits per heavy atom. The summed E-state index contributed by atoms with van der Waals surface area (Å²) in [6, 6.07) is 32.2. The van der Waals surface area contributed by atoms with Gasteiger partial charge < -0.3 is 31.2 Å². The molecule has 12 aromatic rings. The fourth-order valence-corrected chi connectivity index (χ4v) is 7.86. The van der Waals surface area contributed by atoms with Crippen molar-refractivity contribution in [2.75, 3.05) is 21.3 Å². The second-order valence-electron chi connectivity index (χ2n) is 15.8. The van der Waals surface area contributed by atoms with Gasteiger partial charge in [-0.1, -0.05) is 24.3 Å². The number of anilines is 6. The maximum atomic E-state index is 13.6. The molecule has 21 nitrogen and oxygen atoms in total. The number of aromatic amines is 4. The Balaban J connectivity index is 0.718. The number of carbonyl (C=O) groups excluding carboxylic acids is 2. The van der Waals surface area contributed by atoms with E-state index < -0.39 is 17.4 Å². The second-order valence-corrected chi connectivity index (χ2v) is 15.8. The lowest BCUT2D eigenvalue weighted by Gasteiger charge is -2.09. The fourth-order valence-electron chi connectivity index (χ4n) is 7.86. The zero-order chi connectivity index (χ0) is 46.4. The molecule has 69 heavy (non-hydrogen) atoms. The molecule has 0 aliphatic carbocycles. The first-order valence-electron chi connectivity index (χ1n) is 21.2. The third-order valence-electron chi connectivity index (χ3n) is 11.2. The number of benzene rings is 4. The number of carbonyl (C=O) groups is 2. The van der Waals surface area contributed by atoms with Crippen molar-refractivity contribution in [3.8, 4) is 28.6 Å². The van der Waals surface area contributed by atoms with Gasteiger partial charge in [-0.25, -0.2) is 19.9 Å². The monoisotopic (exact) mass is 908 g/mol.